The van der Waals surface area contributed by atoms with Gasteiger partial charge in [-0.3, -0.25) is 4.90 Å². The van der Waals surface area contributed by atoms with E-state index in [4.69, 9.17) is 9.84 Å². The maximum atomic E-state index is 11.0. The SMILES string of the molecule is CCCCCCOCN(CCCCCC)C(=O)O. The first-order valence-electron chi connectivity index (χ1n) is 7.28. The zero-order valence-corrected chi connectivity index (χ0v) is 12.0. The lowest BCUT2D eigenvalue weighted by atomic mass is 10.2. The van der Waals surface area contributed by atoms with Crippen LogP contribution in [-0.4, -0.2) is 36.0 Å². The Labute approximate surface area is 111 Å². The van der Waals surface area contributed by atoms with Crippen molar-refractivity contribution >= 4 is 6.09 Å². The molecule has 108 valence electrons. The summed E-state index contributed by atoms with van der Waals surface area (Å²) in [5, 5.41) is 9.02. The van der Waals surface area contributed by atoms with Crippen molar-refractivity contribution < 1.29 is 14.6 Å². The first-order chi connectivity index (χ1) is 8.72. The molecular weight excluding hydrogens is 230 g/mol. The van der Waals surface area contributed by atoms with Crippen molar-refractivity contribution in [1.82, 2.24) is 4.90 Å². The predicted molar refractivity (Wildman–Crippen MR) is 73.8 cm³/mol. The molecule has 0 saturated heterocycles. The van der Waals surface area contributed by atoms with E-state index in [2.05, 4.69) is 13.8 Å². The Kier molecular flexibility index (Phi) is 12.1. The highest BCUT2D eigenvalue weighted by Crippen LogP contribution is 2.03. The van der Waals surface area contributed by atoms with Gasteiger partial charge < -0.3 is 9.84 Å². The summed E-state index contributed by atoms with van der Waals surface area (Å²) < 4.78 is 5.41. The van der Waals surface area contributed by atoms with E-state index >= 15 is 0 Å². The van der Waals surface area contributed by atoms with E-state index in [1.54, 1.807) is 0 Å². The van der Waals surface area contributed by atoms with E-state index in [0.29, 0.717) is 13.2 Å². The van der Waals surface area contributed by atoms with Gasteiger partial charge in [-0.15, -0.1) is 0 Å². The molecule has 4 heteroatoms. The Morgan fingerprint density at radius 3 is 2.17 bits per heavy atom. The minimum absolute atomic E-state index is 0.216. The highest BCUT2D eigenvalue weighted by atomic mass is 16.5. The van der Waals surface area contributed by atoms with Crippen LogP contribution >= 0.6 is 0 Å². The predicted octanol–water partition coefficient (Wildman–Crippen LogP) is 4.10. The van der Waals surface area contributed by atoms with Crippen LogP contribution in [0.5, 0.6) is 0 Å². The summed E-state index contributed by atoms with van der Waals surface area (Å²) in [6.45, 7) is 5.79. The lowest BCUT2D eigenvalue weighted by Crippen LogP contribution is -2.32. The summed E-state index contributed by atoms with van der Waals surface area (Å²) >= 11 is 0. The van der Waals surface area contributed by atoms with Gasteiger partial charge in [0.05, 0.1) is 0 Å². The van der Waals surface area contributed by atoms with Crippen molar-refractivity contribution in [3.8, 4) is 0 Å². The largest absolute Gasteiger partial charge is 0.465 e. The van der Waals surface area contributed by atoms with E-state index in [-0.39, 0.29) is 6.73 Å². The molecule has 0 aliphatic carbocycles. The Morgan fingerprint density at radius 1 is 1.00 bits per heavy atom. The van der Waals surface area contributed by atoms with E-state index in [9.17, 15) is 4.79 Å². The highest BCUT2D eigenvalue weighted by Gasteiger charge is 2.10. The molecule has 0 aromatic carbocycles. The standard InChI is InChI=1S/C14H29NO3/c1-3-5-7-9-11-15(14(16)17)13-18-12-10-8-6-4-2/h3-13H2,1-2H3,(H,16,17). The van der Waals surface area contributed by atoms with Gasteiger partial charge in [0.2, 0.25) is 0 Å². The topological polar surface area (TPSA) is 49.8 Å². The van der Waals surface area contributed by atoms with Crippen LogP contribution in [0, 0.1) is 0 Å². The molecule has 0 aromatic rings. The number of unbranched alkanes of at least 4 members (excludes halogenated alkanes) is 6. The third kappa shape index (κ3) is 10.4. The highest BCUT2D eigenvalue weighted by molar-refractivity contribution is 5.64. The van der Waals surface area contributed by atoms with E-state index in [1.165, 1.54) is 37.0 Å². The van der Waals surface area contributed by atoms with Crippen LogP contribution in [0.15, 0.2) is 0 Å². The summed E-state index contributed by atoms with van der Waals surface area (Å²) in [5.74, 6) is 0. The van der Waals surface area contributed by atoms with Gasteiger partial charge in [-0.05, 0) is 12.8 Å². The molecule has 0 radical (unpaired) electrons. The number of ether oxygens (including phenoxy) is 1. The van der Waals surface area contributed by atoms with E-state index in [0.717, 1.165) is 19.3 Å². The van der Waals surface area contributed by atoms with Gasteiger partial charge in [0.1, 0.15) is 6.73 Å². The van der Waals surface area contributed by atoms with Gasteiger partial charge in [0.15, 0.2) is 0 Å². The van der Waals surface area contributed by atoms with Gasteiger partial charge in [-0.2, -0.15) is 0 Å². The molecule has 4 nitrogen and oxygen atoms in total. The molecule has 0 aromatic heterocycles. The molecule has 0 heterocycles. The molecule has 1 amide bonds. The maximum absolute atomic E-state index is 11.0. The van der Waals surface area contributed by atoms with Crippen LogP contribution in [0.3, 0.4) is 0 Å². The fraction of sp³-hybridized carbons (Fsp3) is 0.929. The third-order valence-corrected chi connectivity index (χ3v) is 2.94. The Bertz CT molecular complexity index is 197. The molecule has 0 aliphatic heterocycles. The quantitative estimate of drug-likeness (QED) is 0.424. The number of carbonyl (C=O) groups is 1. The zero-order valence-electron chi connectivity index (χ0n) is 12.0. The second-order valence-electron chi connectivity index (χ2n) is 4.70. The van der Waals surface area contributed by atoms with Crippen LogP contribution in [0.4, 0.5) is 4.79 Å². The van der Waals surface area contributed by atoms with Crippen LogP contribution in [0.2, 0.25) is 0 Å². The molecule has 18 heavy (non-hydrogen) atoms. The fourth-order valence-electron chi connectivity index (χ4n) is 1.75. The first-order valence-corrected chi connectivity index (χ1v) is 7.28. The minimum atomic E-state index is -0.875. The summed E-state index contributed by atoms with van der Waals surface area (Å²) in [7, 11) is 0. The fourth-order valence-corrected chi connectivity index (χ4v) is 1.75. The number of hydrogen-bond acceptors (Lipinski definition) is 2. The average molecular weight is 259 g/mol. The maximum Gasteiger partial charge on any atom is 0.409 e. The summed E-state index contributed by atoms with van der Waals surface area (Å²) in [6, 6.07) is 0. The number of rotatable bonds is 12. The van der Waals surface area contributed by atoms with Gasteiger partial charge >= 0.3 is 6.09 Å². The van der Waals surface area contributed by atoms with Crippen molar-refractivity contribution in [2.75, 3.05) is 19.9 Å². The molecule has 0 unspecified atom stereocenters. The van der Waals surface area contributed by atoms with Crippen LogP contribution in [-0.2, 0) is 4.74 Å². The lowest BCUT2D eigenvalue weighted by molar-refractivity contribution is 0.0294. The van der Waals surface area contributed by atoms with Crippen molar-refractivity contribution in [3.05, 3.63) is 0 Å². The molecule has 0 rings (SSSR count). The van der Waals surface area contributed by atoms with Gasteiger partial charge in [0.25, 0.3) is 0 Å². The molecule has 0 bridgehead atoms. The zero-order chi connectivity index (χ0) is 13.6. The number of carboxylic acid groups (broad SMARTS) is 1. The van der Waals surface area contributed by atoms with Crippen molar-refractivity contribution in [2.24, 2.45) is 0 Å². The number of hydrogen-bond donors (Lipinski definition) is 1. The number of nitrogens with zero attached hydrogens (tertiary/aromatic N) is 1. The lowest BCUT2D eigenvalue weighted by Gasteiger charge is -2.19. The summed E-state index contributed by atoms with van der Waals surface area (Å²) in [5.41, 5.74) is 0. The summed E-state index contributed by atoms with van der Waals surface area (Å²) in [6.07, 6.45) is 8.11. The van der Waals surface area contributed by atoms with Crippen molar-refractivity contribution in [3.63, 3.8) is 0 Å². The minimum Gasteiger partial charge on any atom is -0.465 e. The molecule has 0 atom stereocenters. The second-order valence-corrected chi connectivity index (χ2v) is 4.70. The molecule has 1 N–H and O–H groups in total. The van der Waals surface area contributed by atoms with Gasteiger partial charge in [0, 0.05) is 13.2 Å². The Hall–Kier alpha value is -0.770. The van der Waals surface area contributed by atoms with Gasteiger partial charge in [-0.1, -0.05) is 52.4 Å². The number of amides is 1. The van der Waals surface area contributed by atoms with Gasteiger partial charge in [-0.25, -0.2) is 4.79 Å². The molecule has 0 saturated carbocycles. The Morgan fingerprint density at radius 2 is 1.61 bits per heavy atom. The smallest absolute Gasteiger partial charge is 0.409 e. The first kappa shape index (κ1) is 17.2. The van der Waals surface area contributed by atoms with Crippen molar-refractivity contribution in [1.29, 1.82) is 0 Å². The van der Waals surface area contributed by atoms with Crippen LogP contribution in [0.1, 0.15) is 65.2 Å². The molecule has 0 fully saturated rings. The average Bonchev–Trinajstić information content (AvgIpc) is 2.35. The monoisotopic (exact) mass is 259 g/mol. The molecule has 0 spiro atoms. The van der Waals surface area contributed by atoms with Crippen LogP contribution in [0.25, 0.3) is 0 Å². The Balaban J connectivity index is 3.54. The third-order valence-electron chi connectivity index (χ3n) is 2.94. The summed E-state index contributed by atoms with van der Waals surface area (Å²) in [4.78, 5) is 12.3. The molecular formula is C14H29NO3. The normalized spacial score (nSPS) is 10.6. The van der Waals surface area contributed by atoms with Crippen LogP contribution < -0.4 is 0 Å². The van der Waals surface area contributed by atoms with E-state index < -0.39 is 6.09 Å². The van der Waals surface area contributed by atoms with E-state index in [1.807, 2.05) is 0 Å². The van der Waals surface area contributed by atoms with Crippen molar-refractivity contribution in [2.45, 2.75) is 65.2 Å². The second kappa shape index (κ2) is 12.7. The molecule has 0 aliphatic rings.